The Kier molecular flexibility index (Phi) is 2.08. The molecule has 0 aliphatic carbocycles. The number of halogens is 1. The molecule has 0 amide bonds. The van der Waals surface area contributed by atoms with Crippen LogP contribution in [0.3, 0.4) is 0 Å². The van der Waals surface area contributed by atoms with E-state index < -0.39 is 0 Å². The van der Waals surface area contributed by atoms with E-state index in [1.165, 1.54) is 6.07 Å². The summed E-state index contributed by atoms with van der Waals surface area (Å²) in [6, 6.07) is 5.07. The quantitative estimate of drug-likeness (QED) is 0.623. The molecule has 0 aliphatic heterocycles. The number of hydrogen-bond donors (Lipinski definition) is 0. The number of fused-ring (bicyclic) bond motifs is 1. The smallest absolute Gasteiger partial charge is 0.336 e. The normalized spacial score (nSPS) is 10.8. The number of aryl methyl sites for hydroxylation is 2. The van der Waals surface area contributed by atoms with Crippen molar-refractivity contribution in [3.05, 3.63) is 44.8 Å². The molecular weight excluding hydrogens is 200 g/mol. The first kappa shape index (κ1) is 9.28. The van der Waals surface area contributed by atoms with Crippen LogP contribution in [0.5, 0.6) is 0 Å². The van der Waals surface area contributed by atoms with Crippen LogP contribution in [-0.2, 0) is 0 Å². The molecule has 0 unspecified atom stereocenters. The van der Waals surface area contributed by atoms with E-state index in [0.29, 0.717) is 10.6 Å². The zero-order chi connectivity index (χ0) is 10.3. The molecule has 14 heavy (non-hydrogen) atoms. The van der Waals surface area contributed by atoms with Gasteiger partial charge in [-0.15, -0.1) is 0 Å². The van der Waals surface area contributed by atoms with Crippen LogP contribution in [0.1, 0.15) is 11.1 Å². The molecule has 0 saturated heterocycles. The maximum absolute atomic E-state index is 11.1. The van der Waals surface area contributed by atoms with Crippen molar-refractivity contribution in [3.63, 3.8) is 0 Å². The predicted octanol–water partition coefficient (Wildman–Crippen LogP) is 3.06. The highest BCUT2D eigenvalue weighted by atomic mass is 35.5. The molecule has 0 spiro atoms. The van der Waals surface area contributed by atoms with E-state index in [-0.39, 0.29) is 5.63 Å². The Bertz CT molecular complexity index is 555. The summed E-state index contributed by atoms with van der Waals surface area (Å²) in [5.74, 6) is 0. The Morgan fingerprint density at radius 2 is 1.86 bits per heavy atom. The second kappa shape index (κ2) is 3.14. The van der Waals surface area contributed by atoms with Gasteiger partial charge in [0.25, 0.3) is 0 Å². The number of hydrogen-bond acceptors (Lipinski definition) is 2. The van der Waals surface area contributed by atoms with Gasteiger partial charge >= 0.3 is 5.63 Å². The van der Waals surface area contributed by atoms with E-state index >= 15 is 0 Å². The maximum Gasteiger partial charge on any atom is 0.336 e. The third kappa shape index (κ3) is 1.42. The van der Waals surface area contributed by atoms with Gasteiger partial charge in [-0.25, -0.2) is 4.79 Å². The van der Waals surface area contributed by atoms with Crippen LogP contribution in [0.4, 0.5) is 0 Å². The van der Waals surface area contributed by atoms with Gasteiger partial charge in [0.1, 0.15) is 5.58 Å². The molecular formula is C11H9ClO2. The largest absolute Gasteiger partial charge is 0.423 e. The summed E-state index contributed by atoms with van der Waals surface area (Å²) in [6.07, 6.45) is 0. The van der Waals surface area contributed by atoms with E-state index in [1.54, 1.807) is 6.07 Å². The molecule has 1 heterocycles. The molecule has 0 atom stereocenters. The fourth-order valence-electron chi connectivity index (χ4n) is 1.44. The van der Waals surface area contributed by atoms with E-state index in [2.05, 4.69) is 0 Å². The first-order valence-electron chi connectivity index (χ1n) is 4.28. The van der Waals surface area contributed by atoms with E-state index in [4.69, 9.17) is 16.0 Å². The molecule has 0 N–H and O–H groups in total. The molecule has 3 heteroatoms. The van der Waals surface area contributed by atoms with Gasteiger partial charge in [-0.2, -0.15) is 0 Å². The van der Waals surface area contributed by atoms with Crippen LogP contribution in [0.2, 0.25) is 5.02 Å². The Labute approximate surface area is 86.1 Å². The van der Waals surface area contributed by atoms with Crippen molar-refractivity contribution in [2.45, 2.75) is 13.8 Å². The van der Waals surface area contributed by atoms with E-state index in [0.717, 1.165) is 16.5 Å². The predicted molar refractivity (Wildman–Crippen MR) is 57.0 cm³/mol. The van der Waals surface area contributed by atoms with Crippen LogP contribution in [0, 0.1) is 13.8 Å². The van der Waals surface area contributed by atoms with Crippen molar-refractivity contribution in [1.29, 1.82) is 0 Å². The van der Waals surface area contributed by atoms with Crippen molar-refractivity contribution in [3.8, 4) is 0 Å². The summed E-state index contributed by atoms with van der Waals surface area (Å²) in [7, 11) is 0. The van der Waals surface area contributed by atoms with Crippen molar-refractivity contribution >= 4 is 22.6 Å². The summed E-state index contributed by atoms with van der Waals surface area (Å²) < 4.78 is 5.06. The highest BCUT2D eigenvalue weighted by molar-refractivity contribution is 6.32. The molecule has 0 radical (unpaired) electrons. The standard InChI is InChI=1S/C11H9ClO2/c1-6-4-11(13)14-10-3-7(2)9(12)5-8(6)10/h3-5H,1-2H3. The Morgan fingerprint density at radius 3 is 2.57 bits per heavy atom. The second-order valence-electron chi connectivity index (χ2n) is 3.35. The summed E-state index contributed by atoms with van der Waals surface area (Å²) in [6.45, 7) is 3.75. The topological polar surface area (TPSA) is 30.2 Å². The Hall–Kier alpha value is -1.28. The molecule has 0 fully saturated rings. The van der Waals surface area contributed by atoms with Crippen LogP contribution in [0.25, 0.3) is 11.0 Å². The molecule has 0 bridgehead atoms. The van der Waals surface area contributed by atoms with Crippen LogP contribution in [0.15, 0.2) is 27.4 Å². The SMILES string of the molecule is Cc1cc2oc(=O)cc(C)c2cc1Cl. The minimum Gasteiger partial charge on any atom is -0.423 e. The summed E-state index contributed by atoms with van der Waals surface area (Å²) in [5.41, 5.74) is 2.07. The Morgan fingerprint density at radius 1 is 1.14 bits per heavy atom. The molecule has 0 saturated carbocycles. The van der Waals surface area contributed by atoms with Crippen molar-refractivity contribution in [1.82, 2.24) is 0 Å². The minimum absolute atomic E-state index is 0.322. The zero-order valence-electron chi connectivity index (χ0n) is 7.93. The van der Waals surface area contributed by atoms with Crippen molar-refractivity contribution in [2.24, 2.45) is 0 Å². The molecule has 2 aromatic rings. The summed E-state index contributed by atoms with van der Waals surface area (Å²) in [4.78, 5) is 11.1. The number of benzene rings is 1. The second-order valence-corrected chi connectivity index (χ2v) is 3.75. The van der Waals surface area contributed by atoms with Crippen molar-refractivity contribution < 1.29 is 4.42 Å². The highest BCUT2D eigenvalue weighted by Gasteiger charge is 2.04. The van der Waals surface area contributed by atoms with Gasteiger partial charge < -0.3 is 4.42 Å². The van der Waals surface area contributed by atoms with Gasteiger partial charge in [-0.1, -0.05) is 11.6 Å². The van der Waals surface area contributed by atoms with Crippen LogP contribution in [-0.4, -0.2) is 0 Å². The van der Waals surface area contributed by atoms with Gasteiger partial charge in [0.15, 0.2) is 0 Å². The van der Waals surface area contributed by atoms with Gasteiger partial charge in [0, 0.05) is 16.5 Å². The lowest BCUT2D eigenvalue weighted by Crippen LogP contribution is -1.97. The highest BCUT2D eigenvalue weighted by Crippen LogP contribution is 2.24. The third-order valence-electron chi connectivity index (χ3n) is 2.23. The van der Waals surface area contributed by atoms with E-state index in [9.17, 15) is 4.79 Å². The van der Waals surface area contributed by atoms with Crippen LogP contribution < -0.4 is 5.63 Å². The average molecular weight is 209 g/mol. The van der Waals surface area contributed by atoms with Crippen molar-refractivity contribution in [2.75, 3.05) is 0 Å². The van der Waals surface area contributed by atoms with Gasteiger partial charge in [0.05, 0.1) is 0 Å². The molecule has 2 nitrogen and oxygen atoms in total. The zero-order valence-corrected chi connectivity index (χ0v) is 8.68. The third-order valence-corrected chi connectivity index (χ3v) is 2.64. The summed E-state index contributed by atoms with van der Waals surface area (Å²) >= 11 is 5.98. The monoisotopic (exact) mass is 208 g/mol. The fourth-order valence-corrected chi connectivity index (χ4v) is 1.60. The summed E-state index contributed by atoms with van der Waals surface area (Å²) in [5, 5.41) is 1.58. The molecule has 2 rings (SSSR count). The van der Waals surface area contributed by atoms with Crippen LogP contribution >= 0.6 is 11.6 Å². The molecule has 1 aromatic carbocycles. The lowest BCUT2D eigenvalue weighted by atomic mass is 10.1. The average Bonchev–Trinajstić information content (AvgIpc) is 2.08. The molecule has 1 aromatic heterocycles. The van der Waals surface area contributed by atoms with Gasteiger partial charge in [0.2, 0.25) is 0 Å². The first-order valence-corrected chi connectivity index (χ1v) is 4.66. The van der Waals surface area contributed by atoms with Gasteiger partial charge in [-0.3, -0.25) is 0 Å². The lowest BCUT2D eigenvalue weighted by Gasteiger charge is -2.03. The molecule has 72 valence electrons. The first-order chi connectivity index (χ1) is 6.58. The lowest BCUT2D eigenvalue weighted by molar-refractivity contribution is 0.559. The Balaban J connectivity index is 2.96. The fraction of sp³-hybridized carbons (Fsp3) is 0.182. The minimum atomic E-state index is -0.322. The maximum atomic E-state index is 11.1. The van der Waals surface area contributed by atoms with E-state index in [1.807, 2.05) is 19.9 Å². The molecule has 0 aliphatic rings. The number of rotatable bonds is 0. The van der Waals surface area contributed by atoms with Gasteiger partial charge in [-0.05, 0) is 37.1 Å².